The number of hydrogen-bond acceptors (Lipinski definition) is 6. The van der Waals surface area contributed by atoms with Gasteiger partial charge in [0.15, 0.2) is 0 Å². The van der Waals surface area contributed by atoms with Crippen molar-refractivity contribution in [2.24, 2.45) is 11.8 Å². The lowest BCUT2D eigenvalue weighted by atomic mass is 9.91. The number of benzene rings is 3. The lowest BCUT2D eigenvalue weighted by Gasteiger charge is -2.26. The number of aromatic nitrogens is 1. The van der Waals surface area contributed by atoms with E-state index in [9.17, 15) is 24.3 Å². The molecule has 220 valence electrons. The second-order valence-corrected chi connectivity index (χ2v) is 10.5. The summed E-state index contributed by atoms with van der Waals surface area (Å²) in [6.45, 7) is 2.06. The zero-order chi connectivity index (χ0) is 30.3. The van der Waals surface area contributed by atoms with E-state index in [4.69, 9.17) is 4.74 Å². The lowest BCUT2D eigenvalue weighted by Crippen LogP contribution is -2.40. The molecule has 3 unspecified atom stereocenters. The van der Waals surface area contributed by atoms with E-state index in [1.54, 1.807) is 48.5 Å². The summed E-state index contributed by atoms with van der Waals surface area (Å²) in [7, 11) is 0. The van der Waals surface area contributed by atoms with Crippen LogP contribution in [0.5, 0.6) is 0 Å². The van der Waals surface area contributed by atoms with Crippen LogP contribution in [-0.2, 0) is 25.7 Å². The Balaban J connectivity index is 1.27. The van der Waals surface area contributed by atoms with Crippen molar-refractivity contribution in [3.63, 3.8) is 0 Å². The smallest absolute Gasteiger partial charge is 0.411 e. The third-order valence-corrected chi connectivity index (χ3v) is 7.59. The van der Waals surface area contributed by atoms with Gasteiger partial charge in [0.2, 0.25) is 11.8 Å². The second kappa shape index (κ2) is 13.2. The summed E-state index contributed by atoms with van der Waals surface area (Å²) in [5.74, 6) is -3.11. The summed E-state index contributed by atoms with van der Waals surface area (Å²) >= 11 is 0. The van der Waals surface area contributed by atoms with Gasteiger partial charge in [-0.25, -0.2) is 4.79 Å². The minimum absolute atomic E-state index is 0.00232. The summed E-state index contributed by atoms with van der Waals surface area (Å²) in [6, 6.07) is 23.0. The van der Waals surface area contributed by atoms with E-state index in [1.165, 1.54) is 0 Å². The van der Waals surface area contributed by atoms with Crippen LogP contribution in [0.3, 0.4) is 0 Å². The normalized spacial score (nSPS) is 16.0. The highest BCUT2D eigenvalue weighted by Crippen LogP contribution is 2.31. The standard InChI is InChI=1S/C33H32N4O6/c1-2-28(32(40)41)30(23-9-6-14-34-18-23)36-31(39)25-17-29(38)37(19-25)27-13-11-22-10-12-26(15-24(22)16-27)35-33(42)43-20-21-7-4-3-5-8-21/h3-16,18,25,28,30H,2,17,19-20H2,1H3,(H,35,42)(H,36,39)(H,40,41). The van der Waals surface area contributed by atoms with Crippen molar-refractivity contribution in [3.8, 4) is 0 Å². The summed E-state index contributed by atoms with van der Waals surface area (Å²) in [4.78, 5) is 56.3. The molecule has 1 aliphatic rings. The zero-order valence-electron chi connectivity index (χ0n) is 23.6. The van der Waals surface area contributed by atoms with Gasteiger partial charge in [-0.2, -0.15) is 0 Å². The highest BCUT2D eigenvalue weighted by molar-refractivity contribution is 6.02. The first kappa shape index (κ1) is 29.2. The largest absolute Gasteiger partial charge is 0.481 e. The van der Waals surface area contributed by atoms with Crippen molar-refractivity contribution in [2.75, 3.05) is 16.8 Å². The van der Waals surface area contributed by atoms with Gasteiger partial charge < -0.3 is 20.1 Å². The minimum Gasteiger partial charge on any atom is -0.481 e. The van der Waals surface area contributed by atoms with E-state index >= 15 is 0 Å². The number of nitrogens with zero attached hydrogens (tertiary/aromatic N) is 2. The summed E-state index contributed by atoms with van der Waals surface area (Å²) in [5, 5.41) is 17.1. The van der Waals surface area contributed by atoms with Crippen molar-refractivity contribution in [1.82, 2.24) is 10.3 Å². The minimum atomic E-state index is -1.02. The van der Waals surface area contributed by atoms with E-state index < -0.39 is 29.9 Å². The van der Waals surface area contributed by atoms with Gasteiger partial charge in [-0.05, 0) is 58.7 Å². The molecule has 1 aliphatic heterocycles. The number of amides is 3. The van der Waals surface area contributed by atoms with Gasteiger partial charge in [0.1, 0.15) is 6.61 Å². The molecule has 5 rings (SSSR count). The van der Waals surface area contributed by atoms with Gasteiger partial charge in [-0.15, -0.1) is 0 Å². The fourth-order valence-corrected chi connectivity index (χ4v) is 5.29. The molecule has 10 nitrogen and oxygen atoms in total. The first-order valence-electron chi connectivity index (χ1n) is 14.1. The quantitative estimate of drug-likeness (QED) is 0.231. The topological polar surface area (TPSA) is 138 Å². The molecule has 3 amide bonds. The molecule has 3 N–H and O–H groups in total. The molecule has 0 bridgehead atoms. The van der Waals surface area contributed by atoms with Crippen LogP contribution in [0.4, 0.5) is 16.2 Å². The summed E-state index contributed by atoms with van der Waals surface area (Å²) < 4.78 is 5.31. The van der Waals surface area contributed by atoms with Crippen molar-refractivity contribution >= 4 is 46.0 Å². The molecule has 3 atom stereocenters. The van der Waals surface area contributed by atoms with Crippen molar-refractivity contribution in [1.29, 1.82) is 0 Å². The number of fused-ring (bicyclic) bond motifs is 1. The molecule has 10 heteroatoms. The Morgan fingerprint density at radius 1 is 1.02 bits per heavy atom. The Morgan fingerprint density at radius 2 is 1.81 bits per heavy atom. The molecule has 1 aromatic heterocycles. The molecule has 43 heavy (non-hydrogen) atoms. The number of carbonyl (C=O) groups excluding carboxylic acids is 3. The average molecular weight is 581 g/mol. The van der Waals surface area contributed by atoms with Gasteiger partial charge in [0.25, 0.3) is 0 Å². The van der Waals surface area contributed by atoms with Crippen LogP contribution in [0, 0.1) is 11.8 Å². The fraction of sp³-hybridized carbons (Fsp3) is 0.242. The Morgan fingerprint density at radius 3 is 2.53 bits per heavy atom. The van der Waals surface area contributed by atoms with Gasteiger partial charge in [0, 0.05) is 36.7 Å². The molecule has 1 saturated heterocycles. The van der Waals surface area contributed by atoms with Crippen LogP contribution in [0.15, 0.2) is 91.3 Å². The number of aliphatic carboxylic acids is 1. The number of pyridine rings is 1. The molecular weight excluding hydrogens is 548 g/mol. The number of carboxylic acid groups (broad SMARTS) is 1. The maximum Gasteiger partial charge on any atom is 0.411 e. The molecule has 2 heterocycles. The van der Waals surface area contributed by atoms with Crippen LogP contribution >= 0.6 is 0 Å². The summed E-state index contributed by atoms with van der Waals surface area (Å²) in [5.41, 5.74) is 2.63. The zero-order valence-corrected chi connectivity index (χ0v) is 23.6. The van der Waals surface area contributed by atoms with Crippen LogP contribution in [0.25, 0.3) is 10.8 Å². The number of nitrogens with one attached hydrogen (secondary N) is 2. The highest BCUT2D eigenvalue weighted by atomic mass is 16.5. The SMILES string of the molecule is CCC(C(=O)O)C(NC(=O)C1CC(=O)N(c2ccc3ccc(NC(=O)OCc4ccccc4)cc3c2)C1)c1cccnc1. The first-order chi connectivity index (χ1) is 20.8. The van der Waals surface area contributed by atoms with E-state index in [-0.39, 0.29) is 31.4 Å². The van der Waals surface area contributed by atoms with Crippen molar-refractivity contribution in [2.45, 2.75) is 32.4 Å². The monoisotopic (exact) mass is 580 g/mol. The van der Waals surface area contributed by atoms with Crippen LogP contribution in [0.2, 0.25) is 0 Å². The Kier molecular flexibility index (Phi) is 8.95. The van der Waals surface area contributed by atoms with E-state index in [1.807, 2.05) is 54.6 Å². The van der Waals surface area contributed by atoms with Crippen molar-refractivity contribution in [3.05, 3.63) is 102 Å². The fourth-order valence-electron chi connectivity index (χ4n) is 5.29. The molecule has 4 aromatic rings. The Labute approximate surface area is 248 Å². The first-order valence-corrected chi connectivity index (χ1v) is 14.1. The molecule has 1 fully saturated rings. The van der Waals surface area contributed by atoms with Crippen LogP contribution in [0.1, 0.15) is 36.9 Å². The molecule has 0 radical (unpaired) electrons. The van der Waals surface area contributed by atoms with E-state index in [0.717, 1.165) is 16.3 Å². The summed E-state index contributed by atoms with van der Waals surface area (Å²) in [6.07, 6.45) is 2.86. The predicted molar refractivity (Wildman–Crippen MR) is 161 cm³/mol. The van der Waals surface area contributed by atoms with Crippen LogP contribution in [-0.4, -0.2) is 40.5 Å². The lowest BCUT2D eigenvalue weighted by molar-refractivity contribution is -0.143. The van der Waals surface area contributed by atoms with Gasteiger partial charge in [0.05, 0.1) is 17.9 Å². The highest BCUT2D eigenvalue weighted by Gasteiger charge is 2.38. The number of anilines is 2. The molecule has 3 aromatic carbocycles. The molecule has 0 saturated carbocycles. The molecular formula is C33H32N4O6. The third kappa shape index (κ3) is 6.98. The van der Waals surface area contributed by atoms with Gasteiger partial charge in [-0.3, -0.25) is 24.7 Å². The molecule has 0 aliphatic carbocycles. The number of carboxylic acids is 1. The predicted octanol–water partition coefficient (Wildman–Crippen LogP) is 5.30. The number of hydrogen-bond donors (Lipinski definition) is 3. The Bertz CT molecular complexity index is 1630. The maximum atomic E-state index is 13.3. The second-order valence-electron chi connectivity index (χ2n) is 10.5. The van der Waals surface area contributed by atoms with E-state index in [0.29, 0.717) is 23.4 Å². The van der Waals surface area contributed by atoms with Crippen molar-refractivity contribution < 1.29 is 29.0 Å². The van der Waals surface area contributed by atoms with Crippen LogP contribution < -0.4 is 15.5 Å². The number of rotatable bonds is 10. The Hall–Kier alpha value is -5.25. The maximum absolute atomic E-state index is 13.3. The van der Waals surface area contributed by atoms with E-state index in [2.05, 4.69) is 15.6 Å². The van der Waals surface area contributed by atoms with Gasteiger partial charge in [-0.1, -0.05) is 55.5 Å². The molecule has 0 spiro atoms. The number of carbonyl (C=O) groups is 4. The third-order valence-electron chi connectivity index (χ3n) is 7.59. The number of ether oxygens (including phenoxy) is 1. The average Bonchev–Trinajstić information content (AvgIpc) is 3.42. The van der Waals surface area contributed by atoms with Gasteiger partial charge >= 0.3 is 12.1 Å².